The molecule has 0 saturated carbocycles. The maximum atomic E-state index is 13.1. The van der Waals surface area contributed by atoms with E-state index in [1.54, 1.807) is 12.1 Å². The molecule has 1 aliphatic heterocycles. The molecule has 0 unspecified atom stereocenters. The van der Waals surface area contributed by atoms with Gasteiger partial charge in [0.25, 0.3) is 0 Å². The number of hydrogen-bond acceptors (Lipinski definition) is 9. The summed E-state index contributed by atoms with van der Waals surface area (Å²) in [5.74, 6) is -0.285. The Labute approximate surface area is 175 Å². The van der Waals surface area contributed by atoms with Crippen LogP contribution in [0.25, 0.3) is 11.4 Å². The Hall–Kier alpha value is -3.14. The lowest BCUT2D eigenvalue weighted by Gasteiger charge is -2.22. The summed E-state index contributed by atoms with van der Waals surface area (Å²) in [5.41, 5.74) is 0.949. The van der Waals surface area contributed by atoms with Gasteiger partial charge in [0, 0.05) is 13.6 Å². The van der Waals surface area contributed by atoms with Gasteiger partial charge < -0.3 is 24.3 Å². The molecule has 1 aliphatic rings. The molecule has 10 heteroatoms. The summed E-state index contributed by atoms with van der Waals surface area (Å²) in [6.07, 6.45) is 0. The van der Waals surface area contributed by atoms with E-state index in [9.17, 15) is 9.59 Å². The van der Waals surface area contributed by atoms with E-state index in [1.165, 1.54) is 20.3 Å². The predicted octanol–water partition coefficient (Wildman–Crippen LogP) is 2.99. The van der Waals surface area contributed by atoms with Crippen LogP contribution in [-0.2, 0) is 9.53 Å². The zero-order valence-electron chi connectivity index (χ0n) is 17.7. The molecule has 1 aromatic heterocycles. The average molecular weight is 432 g/mol. The molecule has 0 saturated heterocycles. The number of hydrogen-bond donors (Lipinski definition) is 1. The van der Waals surface area contributed by atoms with Gasteiger partial charge in [-0.15, -0.1) is 0 Å². The number of anilines is 1. The van der Waals surface area contributed by atoms with E-state index < -0.39 is 20.0 Å². The highest BCUT2D eigenvalue weighted by molar-refractivity contribution is 6.76. The van der Waals surface area contributed by atoms with Crippen molar-refractivity contribution in [3.8, 4) is 28.9 Å². The van der Waals surface area contributed by atoms with Crippen molar-refractivity contribution in [1.29, 1.82) is 0 Å². The Morgan fingerprint density at radius 2 is 1.83 bits per heavy atom. The smallest absolute Gasteiger partial charge is 0.342 e. The fourth-order valence-corrected chi connectivity index (χ4v) is 3.50. The maximum Gasteiger partial charge on any atom is 0.342 e. The van der Waals surface area contributed by atoms with Crippen molar-refractivity contribution in [2.75, 3.05) is 32.7 Å². The summed E-state index contributed by atoms with van der Waals surface area (Å²) in [7, 11) is 1.54. The van der Waals surface area contributed by atoms with Crippen molar-refractivity contribution in [2.45, 2.75) is 25.7 Å². The van der Waals surface area contributed by atoms with E-state index in [0.717, 1.165) is 6.04 Å². The normalized spacial score (nSPS) is 13.0. The van der Waals surface area contributed by atoms with Gasteiger partial charge in [-0.2, -0.15) is 9.97 Å². The summed E-state index contributed by atoms with van der Waals surface area (Å²) in [6, 6.07) is 5.71. The van der Waals surface area contributed by atoms with Gasteiger partial charge in [0.15, 0.2) is 11.6 Å². The zero-order valence-corrected chi connectivity index (χ0v) is 18.7. The van der Waals surface area contributed by atoms with E-state index in [2.05, 4.69) is 34.9 Å². The monoisotopic (exact) mass is 431 g/mol. The summed E-state index contributed by atoms with van der Waals surface area (Å²) in [6.45, 7) is 6.87. The summed E-state index contributed by atoms with van der Waals surface area (Å²) < 4.78 is 21.4. The Morgan fingerprint density at radius 3 is 2.43 bits per heavy atom. The Bertz CT molecular complexity index is 951. The molecule has 3 rings (SSSR count). The number of benzene rings is 1. The number of ether oxygens (including phenoxy) is 4. The van der Waals surface area contributed by atoms with Crippen LogP contribution in [0.2, 0.25) is 25.7 Å². The van der Waals surface area contributed by atoms with Gasteiger partial charge in [-0.3, -0.25) is 0 Å². The molecule has 0 fully saturated rings. The second-order valence-electron chi connectivity index (χ2n) is 7.92. The summed E-state index contributed by atoms with van der Waals surface area (Å²) in [5, 5.41) is 2.95. The largest absolute Gasteiger partial charge is 0.481 e. The number of carbonyl (C=O) groups is 2. The standard InChI is InChI=1S/C20H25N3O6Si/c1-26-14-10-15(27-2)23-19(22-14)12-6-7-13-18(29-16(24)11-21-13)17(12)20(25)28-8-9-30(3,4)5/h6-7,10,21H,8-9,11H2,1-5H3. The molecule has 2 heterocycles. The lowest BCUT2D eigenvalue weighted by atomic mass is 10.0. The molecule has 1 N–H and O–H groups in total. The zero-order chi connectivity index (χ0) is 21.9. The third kappa shape index (κ3) is 4.88. The molecule has 30 heavy (non-hydrogen) atoms. The number of carbonyl (C=O) groups excluding carboxylic acids is 2. The molecule has 9 nitrogen and oxygen atoms in total. The average Bonchev–Trinajstić information content (AvgIpc) is 2.71. The molecular weight excluding hydrogens is 406 g/mol. The minimum absolute atomic E-state index is 0.0138. The third-order valence-electron chi connectivity index (χ3n) is 4.42. The quantitative estimate of drug-likeness (QED) is 0.402. The maximum absolute atomic E-state index is 13.1. The van der Waals surface area contributed by atoms with Crippen molar-refractivity contribution in [3.63, 3.8) is 0 Å². The molecule has 2 aromatic rings. The highest BCUT2D eigenvalue weighted by atomic mass is 28.3. The highest BCUT2D eigenvalue weighted by Crippen LogP contribution is 2.39. The van der Waals surface area contributed by atoms with Crippen LogP contribution in [0.3, 0.4) is 0 Å². The third-order valence-corrected chi connectivity index (χ3v) is 6.13. The van der Waals surface area contributed by atoms with Crippen LogP contribution >= 0.6 is 0 Å². The van der Waals surface area contributed by atoms with E-state index in [-0.39, 0.29) is 42.0 Å². The van der Waals surface area contributed by atoms with Crippen molar-refractivity contribution in [2.24, 2.45) is 0 Å². The van der Waals surface area contributed by atoms with Gasteiger partial charge in [0.1, 0.15) is 12.1 Å². The number of nitrogens with zero attached hydrogens (tertiary/aromatic N) is 2. The van der Waals surface area contributed by atoms with Crippen molar-refractivity contribution in [3.05, 3.63) is 23.8 Å². The number of aromatic nitrogens is 2. The van der Waals surface area contributed by atoms with Crippen LogP contribution in [0, 0.1) is 0 Å². The van der Waals surface area contributed by atoms with Crippen LogP contribution in [0.4, 0.5) is 5.69 Å². The van der Waals surface area contributed by atoms with Crippen molar-refractivity contribution < 1.29 is 28.5 Å². The molecule has 0 aliphatic carbocycles. The molecule has 0 radical (unpaired) electrons. The van der Waals surface area contributed by atoms with Crippen LogP contribution in [-0.4, -0.2) is 57.4 Å². The van der Waals surface area contributed by atoms with Crippen LogP contribution in [0.5, 0.6) is 17.5 Å². The lowest BCUT2D eigenvalue weighted by molar-refractivity contribution is -0.132. The first-order valence-corrected chi connectivity index (χ1v) is 13.2. The first-order valence-electron chi connectivity index (χ1n) is 9.48. The van der Waals surface area contributed by atoms with Gasteiger partial charge in [0.2, 0.25) is 11.8 Å². The number of nitrogens with one attached hydrogen (secondary N) is 1. The second-order valence-corrected chi connectivity index (χ2v) is 13.5. The fourth-order valence-electron chi connectivity index (χ4n) is 2.79. The Morgan fingerprint density at radius 1 is 1.17 bits per heavy atom. The van der Waals surface area contributed by atoms with Crippen LogP contribution in [0.1, 0.15) is 10.4 Å². The van der Waals surface area contributed by atoms with Crippen LogP contribution in [0.15, 0.2) is 18.2 Å². The topological polar surface area (TPSA) is 109 Å². The molecule has 0 spiro atoms. The van der Waals surface area contributed by atoms with Gasteiger partial charge in [-0.05, 0) is 18.2 Å². The predicted molar refractivity (Wildman–Crippen MR) is 113 cm³/mol. The Balaban J connectivity index is 2.08. The van der Waals surface area contributed by atoms with Gasteiger partial charge in [0.05, 0.1) is 32.6 Å². The summed E-state index contributed by atoms with van der Waals surface area (Å²) >= 11 is 0. The molecule has 0 amide bonds. The first kappa shape index (κ1) is 21.6. The minimum Gasteiger partial charge on any atom is -0.481 e. The van der Waals surface area contributed by atoms with Crippen LogP contribution < -0.4 is 19.5 Å². The minimum atomic E-state index is -1.40. The van der Waals surface area contributed by atoms with E-state index in [4.69, 9.17) is 18.9 Å². The van der Waals surface area contributed by atoms with Gasteiger partial charge in [-0.1, -0.05) is 19.6 Å². The van der Waals surface area contributed by atoms with E-state index in [1.807, 2.05) is 0 Å². The molecule has 160 valence electrons. The van der Waals surface area contributed by atoms with E-state index in [0.29, 0.717) is 11.3 Å². The number of esters is 2. The van der Waals surface area contributed by atoms with Crippen molar-refractivity contribution in [1.82, 2.24) is 9.97 Å². The molecule has 0 bridgehead atoms. The number of fused-ring (bicyclic) bond motifs is 1. The number of methoxy groups -OCH3 is 2. The SMILES string of the molecule is COc1cc(OC)nc(-c2ccc3c(c2C(=O)OCC[Si](C)(C)C)OC(=O)CN3)n1. The summed E-state index contributed by atoms with van der Waals surface area (Å²) in [4.78, 5) is 33.6. The van der Waals surface area contributed by atoms with Crippen molar-refractivity contribution >= 4 is 25.7 Å². The Kier molecular flexibility index (Phi) is 6.25. The lowest BCUT2D eigenvalue weighted by Crippen LogP contribution is -2.27. The van der Waals surface area contributed by atoms with Gasteiger partial charge in [-0.25, -0.2) is 9.59 Å². The highest BCUT2D eigenvalue weighted by Gasteiger charge is 2.29. The molecular formula is C20H25N3O6Si. The van der Waals surface area contributed by atoms with E-state index >= 15 is 0 Å². The first-order chi connectivity index (χ1) is 14.2. The van der Waals surface area contributed by atoms with Gasteiger partial charge >= 0.3 is 11.9 Å². The second kappa shape index (κ2) is 8.70. The fraction of sp³-hybridized carbons (Fsp3) is 0.400. The molecule has 0 atom stereocenters. The molecule has 1 aromatic carbocycles. The number of rotatable bonds is 7.